The molecule has 2 amide bonds. The van der Waals surface area contributed by atoms with Crippen LogP contribution in [0.4, 0.5) is 4.39 Å². The SMILES string of the molecule is CCc1oc2ccccc2c1/C=C/C(=O)NNC(=O)[C@H](C)Oc1ccccc1F. The van der Waals surface area contributed by atoms with Crippen molar-refractivity contribution < 1.29 is 23.1 Å². The quantitative estimate of drug-likeness (QED) is 0.491. The fourth-order valence-electron chi connectivity index (χ4n) is 2.77. The Bertz CT molecular complexity index is 1060. The molecule has 3 aromatic rings. The third kappa shape index (κ3) is 4.82. The second kappa shape index (κ2) is 9.05. The lowest BCUT2D eigenvalue weighted by Gasteiger charge is -2.15. The zero-order valence-electron chi connectivity index (χ0n) is 16.1. The van der Waals surface area contributed by atoms with E-state index in [1.54, 1.807) is 12.1 Å². The molecule has 0 fully saturated rings. The maximum atomic E-state index is 13.6. The fourth-order valence-corrected chi connectivity index (χ4v) is 2.77. The molecule has 0 aliphatic rings. The topological polar surface area (TPSA) is 80.6 Å². The summed E-state index contributed by atoms with van der Waals surface area (Å²) in [5, 5.41) is 0.907. The smallest absolute Gasteiger partial charge is 0.279 e. The van der Waals surface area contributed by atoms with Gasteiger partial charge in [-0.2, -0.15) is 0 Å². The maximum Gasteiger partial charge on any atom is 0.279 e. The average molecular weight is 396 g/mol. The number of carbonyl (C=O) groups excluding carboxylic acids is 2. The van der Waals surface area contributed by atoms with Crippen molar-refractivity contribution in [3.63, 3.8) is 0 Å². The van der Waals surface area contributed by atoms with E-state index < -0.39 is 23.7 Å². The van der Waals surface area contributed by atoms with Gasteiger partial charge < -0.3 is 9.15 Å². The molecule has 0 spiro atoms. The van der Waals surface area contributed by atoms with Gasteiger partial charge in [-0.3, -0.25) is 20.4 Å². The number of hydrogen-bond donors (Lipinski definition) is 2. The molecule has 1 aromatic heterocycles. The minimum atomic E-state index is -0.999. The average Bonchev–Trinajstić information content (AvgIpc) is 3.09. The highest BCUT2D eigenvalue weighted by atomic mass is 19.1. The molecule has 6 nitrogen and oxygen atoms in total. The number of para-hydroxylation sites is 2. The van der Waals surface area contributed by atoms with Crippen LogP contribution in [0.5, 0.6) is 5.75 Å². The first-order chi connectivity index (χ1) is 14.0. The fraction of sp³-hybridized carbons (Fsp3) is 0.182. The first-order valence-electron chi connectivity index (χ1n) is 9.19. The van der Waals surface area contributed by atoms with Gasteiger partial charge in [0.25, 0.3) is 11.8 Å². The lowest BCUT2D eigenvalue weighted by Crippen LogP contribution is -2.46. The van der Waals surface area contributed by atoms with Gasteiger partial charge in [-0.05, 0) is 31.2 Å². The molecule has 2 N–H and O–H groups in total. The molecule has 0 bridgehead atoms. The highest BCUT2D eigenvalue weighted by molar-refractivity contribution is 5.97. The van der Waals surface area contributed by atoms with Crippen LogP contribution in [-0.2, 0) is 16.0 Å². The molecule has 0 saturated heterocycles. The molecule has 150 valence electrons. The van der Waals surface area contributed by atoms with Crippen LogP contribution >= 0.6 is 0 Å². The van der Waals surface area contributed by atoms with Crippen LogP contribution in [0.25, 0.3) is 17.0 Å². The lowest BCUT2D eigenvalue weighted by molar-refractivity contribution is -0.131. The minimum absolute atomic E-state index is 0.0414. The molecular weight excluding hydrogens is 375 g/mol. The Morgan fingerprint density at radius 3 is 2.62 bits per heavy atom. The number of hydrogen-bond acceptors (Lipinski definition) is 4. The van der Waals surface area contributed by atoms with Gasteiger partial charge in [0.05, 0.1) is 0 Å². The number of hydrazine groups is 1. The van der Waals surface area contributed by atoms with Crippen LogP contribution in [0.3, 0.4) is 0 Å². The van der Waals surface area contributed by atoms with E-state index >= 15 is 0 Å². The van der Waals surface area contributed by atoms with Crippen molar-refractivity contribution >= 4 is 28.9 Å². The van der Waals surface area contributed by atoms with Crippen LogP contribution in [0.15, 0.2) is 59.0 Å². The Morgan fingerprint density at radius 2 is 1.86 bits per heavy atom. The summed E-state index contributed by atoms with van der Waals surface area (Å²) in [6, 6.07) is 13.3. The van der Waals surface area contributed by atoms with E-state index in [9.17, 15) is 14.0 Å². The van der Waals surface area contributed by atoms with Crippen molar-refractivity contribution in [3.8, 4) is 5.75 Å². The van der Waals surface area contributed by atoms with Gasteiger partial charge in [0.2, 0.25) is 0 Å². The monoisotopic (exact) mass is 396 g/mol. The van der Waals surface area contributed by atoms with Crippen molar-refractivity contribution in [2.24, 2.45) is 0 Å². The number of rotatable bonds is 6. The number of halogens is 1. The Morgan fingerprint density at radius 1 is 1.14 bits per heavy atom. The van der Waals surface area contributed by atoms with Crippen molar-refractivity contribution in [2.45, 2.75) is 26.4 Å². The first kappa shape index (κ1) is 20.1. The van der Waals surface area contributed by atoms with Gasteiger partial charge in [-0.15, -0.1) is 0 Å². The number of fused-ring (bicyclic) bond motifs is 1. The molecule has 0 radical (unpaired) electrons. The molecule has 1 atom stereocenters. The molecule has 0 unspecified atom stereocenters. The van der Waals surface area contributed by atoms with E-state index in [-0.39, 0.29) is 5.75 Å². The summed E-state index contributed by atoms with van der Waals surface area (Å²) in [7, 11) is 0. The number of benzene rings is 2. The molecule has 29 heavy (non-hydrogen) atoms. The van der Waals surface area contributed by atoms with Crippen LogP contribution in [0.2, 0.25) is 0 Å². The summed E-state index contributed by atoms with van der Waals surface area (Å²) < 4.78 is 24.6. The molecule has 3 rings (SSSR count). The largest absolute Gasteiger partial charge is 0.478 e. The Hall–Kier alpha value is -3.61. The molecule has 7 heteroatoms. The van der Waals surface area contributed by atoms with E-state index in [1.807, 2.05) is 31.2 Å². The highest BCUT2D eigenvalue weighted by Gasteiger charge is 2.17. The van der Waals surface area contributed by atoms with E-state index in [0.717, 1.165) is 22.3 Å². The lowest BCUT2D eigenvalue weighted by atomic mass is 10.1. The number of amides is 2. The van der Waals surface area contributed by atoms with Crippen LogP contribution in [0, 0.1) is 5.82 Å². The van der Waals surface area contributed by atoms with Crippen LogP contribution in [0.1, 0.15) is 25.2 Å². The predicted molar refractivity (Wildman–Crippen MR) is 107 cm³/mol. The van der Waals surface area contributed by atoms with Crippen molar-refractivity contribution in [1.82, 2.24) is 10.9 Å². The van der Waals surface area contributed by atoms with Gasteiger partial charge in [0.15, 0.2) is 17.7 Å². The van der Waals surface area contributed by atoms with Gasteiger partial charge >= 0.3 is 0 Å². The normalized spacial score (nSPS) is 12.1. The molecular formula is C22H21FN2O4. The number of ether oxygens (including phenoxy) is 1. The third-order valence-corrected chi connectivity index (χ3v) is 4.25. The summed E-state index contributed by atoms with van der Waals surface area (Å²) >= 11 is 0. The van der Waals surface area contributed by atoms with E-state index in [1.165, 1.54) is 31.2 Å². The summed E-state index contributed by atoms with van der Waals surface area (Å²) in [4.78, 5) is 24.1. The van der Waals surface area contributed by atoms with Gasteiger partial charge in [-0.25, -0.2) is 4.39 Å². The summed E-state index contributed by atoms with van der Waals surface area (Å²) in [5.41, 5.74) is 6.11. The number of furan rings is 1. The second-order valence-electron chi connectivity index (χ2n) is 6.29. The molecule has 0 aliphatic carbocycles. The van der Waals surface area contributed by atoms with E-state index in [2.05, 4.69) is 10.9 Å². The number of carbonyl (C=O) groups is 2. The molecule has 0 aliphatic heterocycles. The van der Waals surface area contributed by atoms with Crippen LogP contribution < -0.4 is 15.6 Å². The second-order valence-corrected chi connectivity index (χ2v) is 6.29. The van der Waals surface area contributed by atoms with E-state index in [0.29, 0.717) is 6.42 Å². The van der Waals surface area contributed by atoms with E-state index in [4.69, 9.17) is 9.15 Å². The van der Waals surface area contributed by atoms with Gasteiger partial charge in [0, 0.05) is 23.4 Å². The molecule has 0 saturated carbocycles. The third-order valence-electron chi connectivity index (χ3n) is 4.25. The zero-order chi connectivity index (χ0) is 20.8. The van der Waals surface area contributed by atoms with Gasteiger partial charge in [-0.1, -0.05) is 37.3 Å². The predicted octanol–water partition coefficient (Wildman–Crippen LogP) is 3.76. The zero-order valence-corrected chi connectivity index (χ0v) is 16.1. The summed E-state index contributed by atoms with van der Waals surface area (Å²) in [6.07, 6.45) is 2.63. The Labute approximate surface area is 167 Å². The van der Waals surface area contributed by atoms with Crippen LogP contribution in [-0.4, -0.2) is 17.9 Å². The first-order valence-corrected chi connectivity index (χ1v) is 9.19. The number of nitrogens with one attached hydrogen (secondary N) is 2. The van der Waals surface area contributed by atoms with Gasteiger partial charge in [0.1, 0.15) is 11.3 Å². The molecule has 1 heterocycles. The van der Waals surface area contributed by atoms with Crippen molar-refractivity contribution in [3.05, 3.63) is 71.7 Å². The molecule has 2 aromatic carbocycles. The maximum absolute atomic E-state index is 13.6. The Balaban J connectivity index is 1.58. The number of aryl methyl sites for hydroxylation is 1. The minimum Gasteiger partial charge on any atom is -0.478 e. The Kier molecular flexibility index (Phi) is 6.29. The highest BCUT2D eigenvalue weighted by Crippen LogP contribution is 2.27. The summed E-state index contributed by atoms with van der Waals surface area (Å²) in [5.74, 6) is -0.980. The standard InChI is InChI=1S/C22H21FN2O4/c1-3-18-16(15-8-4-6-10-19(15)29-18)12-13-21(26)24-25-22(27)14(2)28-20-11-7-5-9-17(20)23/h4-14H,3H2,1-2H3,(H,24,26)(H,25,27)/b13-12+/t14-/m0/s1. The van der Waals surface area contributed by atoms with Crippen molar-refractivity contribution in [2.75, 3.05) is 0 Å². The summed E-state index contributed by atoms with van der Waals surface area (Å²) in [6.45, 7) is 3.42. The van der Waals surface area contributed by atoms with Crippen molar-refractivity contribution in [1.29, 1.82) is 0 Å².